The predicted molar refractivity (Wildman–Crippen MR) is 73.0 cm³/mol. The fourth-order valence-electron chi connectivity index (χ4n) is 2.03. The highest BCUT2D eigenvalue weighted by Crippen LogP contribution is 2.19. The van der Waals surface area contributed by atoms with Gasteiger partial charge < -0.3 is 0 Å². The Bertz CT molecular complexity index is 723. The molecule has 3 aromatic rings. The summed E-state index contributed by atoms with van der Waals surface area (Å²) in [6.07, 6.45) is 5.65. The van der Waals surface area contributed by atoms with Gasteiger partial charge >= 0.3 is 0 Å². The normalized spacial score (nSPS) is 10.9. The summed E-state index contributed by atoms with van der Waals surface area (Å²) in [5, 5.41) is 12.6. The smallest absolute Gasteiger partial charge is 0.116 e. The molecule has 0 saturated carbocycles. The van der Waals surface area contributed by atoms with Crippen molar-refractivity contribution in [1.82, 2.24) is 24.8 Å². The van der Waals surface area contributed by atoms with E-state index in [2.05, 4.69) is 47.5 Å². The quantitative estimate of drug-likeness (QED) is 0.704. The second kappa shape index (κ2) is 4.35. The van der Waals surface area contributed by atoms with Crippen LogP contribution in [0.4, 0.5) is 0 Å². The Morgan fingerprint density at radius 3 is 2.68 bits per heavy atom. The molecule has 19 heavy (non-hydrogen) atoms. The molecule has 96 valence electrons. The van der Waals surface area contributed by atoms with Crippen LogP contribution in [-0.2, 0) is 7.05 Å². The number of nitrogens with zero attached hydrogens (tertiary/aromatic N) is 5. The molecule has 5 nitrogen and oxygen atoms in total. The molecule has 0 atom stereocenters. The summed E-state index contributed by atoms with van der Waals surface area (Å²) in [6, 6.07) is 6.30. The minimum atomic E-state index is 0.828. The van der Waals surface area contributed by atoms with Gasteiger partial charge in [0.05, 0.1) is 18.1 Å². The van der Waals surface area contributed by atoms with Crippen molar-refractivity contribution in [2.24, 2.45) is 7.05 Å². The molecule has 0 unspecified atom stereocenters. The van der Waals surface area contributed by atoms with Crippen molar-refractivity contribution in [3.05, 3.63) is 47.9 Å². The Morgan fingerprint density at radius 2 is 1.95 bits per heavy atom. The minimum absolute atomic E-state index is 0.828. The van der Waals surface area contributed by atoms with Crippen molar-refractivity contribution in [3.63, 3.8) is 0 Å². The summed E-state index contributed by atoms with van der Waals surface area (Å²) < 4.78 is 3.57. The maximum atomic E-state index is 4.21. The molecule has 0 aliphatic carbocycles. The number of hydrogen-bond donors (Lipinski definition) is 0. The van der Waals surface area contributed by atoms with Crippen LogP contribution in [0.1, 0.15) is 11.1 Å². The van der Waals surface area contributed by atoms with Gasteiger partial charge in [0, 0.05) is 18.8 Å². The number of rotatable bonds is 2. The average molecular weight is 253 g/mol. The molecule has 5 heteroatoms. The Morgan fingerprint density at radius 1 is 1.11 bits per heavy atom. The summed E-state index contributed by atoms with van der Waals surface area (Å²) in [7, 11) is 1.89. The van der Waals surface area contributed by atoms with Gasteiger partial charge in [0.2, 0.25) is 0 Å². The first-order valence-corrected chi connectivity index (χ1v) is 6.12. The molecule has 1 aromatic carbocycles. The minimum Gasteiger partial charge on any atom is -0.275 e. The summed E-state index contributed by atoms with van der Waals surface area (Å²) in [4.78, 5) is 0. The predicted octanol–water partition coefficient (Wildman–Crippen LogP) is 2.28. The molecule has 0 aliphatic heterocycles. The molecule has 0 bridgehead atoms. The fraction of sp³-hybridized carbons (Fsp3) is 0.214. The Hall–Kier alpha value is -2.43. The number of benzene rings is 1. The highest BCUT2D eigenvalue weighted by molar-refractivity contribution is 5.56. The van der Waals surface area contributed by atoms with Crippen molar-refractivity contribution in [3.8, 4) is 16.9 Å². The van der Waals surface area contributed by atoms with Crippen LogP contribution in [0.25, 0.3) is 16.9 Å². The Labute approximate surface area is 111 Å². The summed E-state index contributed by atoms with van der Waals surface area (Å²) in [5.74, 6) is 0. The Balaban J connectivity index is 2.03. The van der Waals surface area contributed by atoms with Gasteiger partial charge in [-0.1, -0.05) is 17.3 Å². The SMILES string of the molecule is Cc1ccc(C)c(-n2cc(-c3cnn(C)c3)nn2)c1. The van der Waals surface area contributed by atoms with E-state index in [9.17, 15) is 0 Å². The highest BCUT2D eigenvalue weighted by atomic mass is 15.4. The van der Waals surface area contributed by atoms with E-state index in [1.165, 1.54) is 11.1 Å². The van der Waals surface area contributed by atoms with Gasteiger partial charge in [-0.05, 0) is 31.0 Å². The largest absolute Gasteiger partial charge is 0.275 e. The van der Waals surface area contributed by atoms with E-state index >= 15 is 0 Å². The lowest BCUT2D eigenvalue weighted by molar-refractivity contribution is 0.768. The van der Waals surface area contributed by atoms with E-state index in [0.29, 0.717) is 0 Å². The standard InChI is InChI=1S/C14H15N5/c1-10-4-5-11(2)14(6-10)19-9-13(16-17-19)12-7-15-18(3)8-12/h4-9H,1-3H3. The van der Waals surface area contributed by atoms with Crippen molar-refractivity contribution in [1.29, 1.82) is 0 Å². The van der Waals surface area contributed by atoms with E-state index < -0.39 is 0 Å². The van der Waals surface area contributed by atoms with Crippen LogP contribution >= 0.6 is 0 Å². The van der Waals surface area contributed by atoms with Crippen LogP contribution in [0.5, 0.6) is 0 Å². The fourth-order valence-corrected chi connectivity index (χ4v) is 2.03. The number of aromatic nitrogens is 5. The molecule has 0 spiro atoms. The van der Waals surface area contributed by atoms with Crippen LogP contribution in [0.3, 0.4) is 0 Å². The van der Waals surface area contributed by atoms with Crippen LogP contribution < -0.4 is 0 Å². The van der Waals surface area contributed by atoms with Gasteiger partial charge in [0.15, 0.2) is 0 Å². The van der Waals surface area contributed by atoms with Gasteiger partial charge in [0.25, 0.3) is 0 Å². The van der Waals surface area contributed by atoms with Crippen LogP contribution in [0.15, 0.2) is 36.8 Å². The summed E-state index contributed by atoms with van der Waals surface area (Å²) in [6.45, 7) is 4.14. The zero-order chi connectivity index (χ0) is 13.4. The van der Waals surface area contributed by atoms with Crippen molar-refractivity contribution < 1.29 is 0 Å². The summed E-state index contributed by atoms with van der Waals surface area (Å²) >= 11 is 0. The van der Waals surface area contributed by atoms with E-state index in [4.69, 9.17) is 0 Å². The monoisotopic (exact) mass is 253 g/mol. The van der Waals surface area contributed by atoms with Gasteiger partial charge in [-0.3, -0.25) is 4.68 Å². The highest BCUT2D eigenvalue weighted by Gasteiger charge is 2.08. The second-order valence-electron chi connectivity index (χ2n) is 4.74. The van der Waals surface area contributed by atoms with E-state index in [1.807, 2.05) is 24.1 Å². The van der Waals surface area contributed by atoms with Crippen LogP contribution in [0, 0.1) is 13.8 Å². The molecule has 2 aromatic heterocycles. The van der Waals surface area contributed by atoms with E-state index in [-0.39, 0.29) is 0 Å². The van der Waals surface area contributed by atoms with Crippen LogP contribution in [-0.4, -0.2) is 24.8 Å². The third-order valence-electron chi connectivity index (χ3n) is 3.11. The molecule has 0 fully saturated rings. The molecule has 0 N–H and O–H groups in total. The molecular weight excluding hydrogens is 238 g/mol. The lowest BCUT2D eigenvalue weighted by Gasteiger charge is -2.05. The molecule has 0 amide bonds. The molecule has 0 radical (unpaired) electrons. The first kappa shape index (κ1) is 11.6. The summed E-state index contributed by atoms with van der Waals surface area (Å²) in [5.41, 5.74) is 5.24. The van der Waals surface area contributed by atoms with Gasteiger partial charge in [-0.25, -0.2) is 4.68 Å². The number of hydrogen-bond acceptors (Lipinski definition) is 3. The molecule has 0 saturated heterocycles. The number of aryl methyl sites for hydroxylation is 3. The van der Waals surface area contributed by atoms with E-state index in [1.54, 1.807) is 10.9 Å². The molecule has 2 heterocycles. The molecule has 0 aliphatic rings. The van der Waals surface area contributed by atoms with Gasteiger partial charge in [-0.2, -0.15) is 5.10 Å². The van der Waals surface area contributed by atoms with E-state index in [0.717, 1.165) is 16.9 Å². The zero-order valence-electron chi connectivity index (χ0n) is 11.2. The van der Waals surface area contributed by atoms with Crippen molar-refractivity contribution in [2.45, 2.75) is 13.8 Å². The first-order chi connectivity index (χ1) is 9.13. The second-order valence-corrected chi connectivity index (χ2v) is 4.74. The third kappa shape index (κ3) is 2.14. The van der Waals surface area contributed by atoms with Gasteiger partial charge in [-0.15, -0.1) is 5.10 Å². The Kier molecular flexibility index (Phi) is 2.67. The lowest BCUT2D eigenvalue weighted by atomic mass is 10.1. The lowest BCUT2D eigenvalue weighted by Crippen LogP contribution is -1.98. The first-order valence-electron chi connectivity index (χ1n) is 6.12. The van der Waals surface area contributed by atoms with Gasteiger partial charge in [0.1, 0.15) is 5.69 Å². The van der Waals surface area contributed by atoms with Crippen LogP contribution in [0.2, 0.25) is 0 Å². The maximum absolute atomic E-state index is 4.21. The third-order valence-corrected chi connectivity index (χ3v) is 3.11. The van der Waals surface area contributed by atoms with Crippen molar-refractivity contribution in [2.75, 3.05) is 0 Å². The average Bonchev–Trinajstić information content (AvgIpc) is 3.00. The maximum Gasteiger partial charge on any atom is 0.116 e. The molecule has 3 rings (SSSR count). The zero-order valence-corrected chi connectivity index (χ0v) is 11.2. The van der Waals surface area contributed by atoms with Crippen molar-refractivity contribution >= 4 is 0 Å². The topological polar surface area (TPSA) is 48.5 Å². The molecular formula is C14H15N5.